The van der Waals surface area contributed by atoms with Crippen molar-refractivity contribution in [3.05, 3.63) is 41.7 Å². The van der Waals surface area contributed by atoms with Crippen molar-refractivity contribution >= 4 is 5.71 Å². The molecule has 1 heterocycles. The maximum atomic E-state index is 10.2. The molecule has 150 valence electrons. The van der Waals surface area contributed by atoms with E-state index in [4.69, 9.17) is 4.99 Å². The fourth-order valence-electron chi connectivity index (χ4n) is 7.36. The van der Waals surface area contributed by atoms with Crippen LogP contribution in [0.15, 0.2) is 41.0 Å². The van der Waals surface area contributed by atoms with Crippen molar-refractivity contribution in [2.75, 3.05) is 0 Å². The van der Waals surface area contributed by atoms with Gasteiger partial charge in [0.15, 0.2) is 0 Å². The van der Waals surface area contributed by atoms with Gasteiger partial charge in [-0.05, 0) is 86.7 Å². The first-order valence-corrected chi connectivity index (χ1v) is 11.3. The van der Waals surface area contributed by atoms with E-state index in [2.05, 4.69) is 37.0 Å². The minimum atomic E-state index is -0.110. The van der Waals surface area contributed by atoms with Gasteiger partial charge in [0.05, 0.1) is 18.3 Å². The van der Waals surface area contributed by atoms with Crippen molar-refractivity contribution < 1.29 is 5.11 Å². The van der Waals surface area contributed by atoms with Crippen LogP contribution in [0.25, 0.3) is 0 Å². The summed E-state index contributed by atoms with van der Waals surface area (Å²) in [4.78, 5) is 9.56. The van der Waals surface area contributed by atoms with E-state index in [9.17, 15) is 5.11 Å². The third-order valence-electron chi connectivity index (χ3n) is 8.98. The zero-order chi connectivity index (χ0) is 19.4. The first-order chi connectivity index (χ1) is 13.5. The van der Waals surface area contributed by atoms with Gasteiger partial charge in [-0.25, -0.2) is 0 Å². The monoisotopic (exact) mass is 378 g/mol. The van der Waals surface area contributed by atoms with Crippen LogP contribution in [-0.4, -0.2) is 21.9 Å². The number of hydrogen-bond acceptors (Lipinski definition) is 3. The van der Waals surface area contributed by atoms with Gasteiger partial charge in [0.25, 0.3) is 0 Å². The van der Waals surface area contributed by atoms with Crippen LogP contribution in [0.2, 0.25) is 0 Å². The molecule has 5 rings (SSSR count). The number of aliphatic hydroxyl groups excluding tert-OH is 1. The van der Waals surface area contributed by atoms with Crippen molar-refractivity contribution in [3.8, 4) is 0 Å². The van der Waals surface area contributed by atoms with Crippen molar-refractivity contribution in [2.24, 2.45) is 33.6 Å². The van der Waals surface area contributed by atoms with Crippen LogP contribution in [0.1, 0.15) is 70.9 Å². The third kappa shape index (κ3) is 2.81. The van der Waals surface area contributed by atoms with Crippen molar-refractivity contribution in [3.63, 3.8) is 0 Å². The number of pyridine rings is 1. The number of fused-ring (bicyclic) bond motifs is 5. The van der Waals surface area contributed by atoms with Crippen LogP contribution in [0.5, 0.6) is 0 Å². The lowest BCUT2D eigenvalue weighted by atomic mass is 9.48. The number of aromatic nitrogens is 1. The summed E-state index contributed by atoms with van der Waals surface area (Å²) >= 11 is 0. The molecule has 1 aromatic heterocycles. The Kier molecular flexibility index (Phi) is 4.50. The van der Waals surface area contributed by atoms with E-state index in [1.807, 2.05) is 12.3 Å². The molecule has 1 aromatic rings. The molecule has 3 saturated carbocycles. The largest absolute Gasteiger partial charge is 0.393 e. The van der Waals surface area contributed by atoms with Crippen LogP contribution in [0.3, 0.4) is 0 Å². The predicted octanol–water partition coefficient (Wildman–Crippen LogP) is 5.35. The second kappa shape index (κ2) is 6.79. The van der Waals surface area contributed by atoms with Gasteiger partial charge >= 0.3 is 0 Å². The molecule has 4 aliphatic carbocycles. The molecule has 0 radical (unpaired) electrons. The maximum Gasteiger partial charge on any atom is 0.0811 e. The molecule has 0 aliphatic heterocycles. The number of nitrogens with zero attached hydrogens (tertiary/aromatic N) is 2. The zero-order valence-electron chi connectivity index (χ0n) is 17.4. The van der Waals surface area contributed by atoms with Crippen LogP contribution < -0.4 is 0 Å². The molecule has 28 heavy (non-hydrogen) atoms. The van der Waals surface area contributed by atoms with Gasteiger partial charge in [0.1, 0.15) is 0 Å². The first kappa shape index (κ1) is 18.5. The molecular formula is C25H34N2O. The summed E-state index contributed by atoms with van der Waals surface area (Å²) in [5, 5.41) is 10.2. The molecular weight excluding hydrogens is 344 g/mol. The van der Waals surface area contributed by atoms with Crippen LogP contribution >= 0.6 is 0 Å². The standard InChI is InChI=1S/C25H34N2O/c1-24-12-10-19(28)15-17(24)6-7-20-21-8-9-23(25(21,2)13-11-22(20)24)27-16-18-5-3-4-14-26-18/h3-6,14,19-22,28H,7-13,15-16H2,1-2H3/b27-23+/t19-,20-,21-,22-,24-,25-/m0/s1. The zero-order valence-corrected chi connectivity index (χ0v) is 17.4. The fourth-order valence-corrected chi connectivity index (χ4v) is 7.36. The molecule has 3 heteroatoms. The van der Waals surface area contributed by atoms with Gasteiger partial charge in [-0.15, -0.1) is 0 Å². The Balaban J connectivity index is 1.39. The molecule has 0 aromatic carbocycles. The highest BCUT2D eigenvalue weighted by Gasteiger charge is 2.57. The van der Waals surface area contributed by atoms with E-state index >= 15 is 0 Å². The second-order valence-corrected chi connectivity index (χ2v) is 10.2. The van der Waals surface area contributed by atoms with Gasteiger partial charge in [0.2, 0.25) is 0 Å². The van der Waals surface area contributed by atoms with E-state index in [0.29, 0.717) is 5.41 Å². The Morgan fingerprint density at radius 1 is 1.11 bits per heavy atom. The minimum absolute atomic E-state index is 0.110. The van der Waals surface area contributed by atoms with Crippen LogP contribution in [0, 0.1) is 28.6 Å². The minimum Gasteiger partial charge on any atom is -0.393 e. The summed E-state index contributed by atoms with van der Waals surface area (Å²) in [5.41, 5.74) is 4.72. The SMILES string of the molecule is C[C@]12CC[C@H](O)CC1=CC[C@@H]1[C@@H]2CC[C@]2(C)/C(=N/Cc3ccccn3)CC[C@@H]12. The topological polar surface area (TPSA) is 45.5 Å². The van der Waals surface area contributed by atoms with Gasteiger partial charge < -0.3 is 5.11 Å². The lowest BCUT2D eigenvalue weighted by Gasteiger charge is -2.57. The summed E-state index contributed by atoms with van der Waals surface area (Å²) < 4.78 is 0. The third-order valence-corrected chi connectivity index (χ3v) is 8.98. The van der Waals surface area contributed by atoms with E-state index in [1.54, 1.807) is 5.57 Å². The van der Waals surface area contributed by atoms with Crippen LogP contribution in [-0.2, 0) is 6.54 Å². The first-order valence-electron chi connectivity index (χ1n) is 11.3. The summed E-state index contributed by atoms with van der Waals surface area (Å²) in [6.07, 6.45) is 13.7. The molecule has 0 spiro atoms. The smallest absolute Gasteiger partial charge is 0.0811 e. The van der Waals surface area contributed by atoms with Gasteiger partial charge in [-0.3, -0.25) is 9.98 Å². The molecule has 0 bridgehead atoms. The summed E-state index contributed by atoms with van der Waals surface area (Å²) in [6.45, 7) is 5.74. The average molecular weight is 379 g/mol. The highest BCUT2D eigenvalue weighted by Crippen LogP contribution is 2.64. The Morgan fingerprint density at radius 3 is 2.75 bits per heavy atom. The molecule has 3 nitrogen and oxygen atoms in total. The molecule has 1 N–H and O–H groups in total. The fraction of sp³-hybridized carbons (Fsp3) is 0.680. The lowest BCUT2D eigenvalue weighted by Crippen LogP contribution is -2.50. The molecule has 4 aliphatic rings. The summed E-state index contributed by atoms with van der Waals surface area (Å²) in [6, 6.07) is 6.11. The number of rotatable bonds is 2. The van der Waals surface area contributed by atoms with E-state index in [1.165, 1.54) is 44.2 Å². The Labute approximate surface area is 169 Å². The highest BCUT2D eigenvalue weighted by atomic mass is 16.3. The van der Waals surface area contributed by atoms with Crippen molar-refractivity contribution in [1.29, 1.82) is 0 Å². The Bertz CT molecular complexity index is 800. The van der Waals surface area contributed by atoms with Gasteiger partial charge in [-0.2, -0.15) is 0 Å². The van der Waals surface area contributed by atoms with Crippen molar-refractivity contribution in [2.45, 2.75) is 77.9 Å². The maximum absolute atomic E-state index is 10.2. The summed E-state index contributed by atoms with van der Waals surface area (Å²) in [5.74, 6) is 2.37. The average Bonchev–Trinajstić information content (AvgIpc) is 3.04. The molecule has 0 saturated heterocycles. The highest BCUT2D eigenvalue weighted by molar-refractivity contribution is 5.92. The number of hydrogen-bond donors (Lipinski definition) is 1. The molecule has 0 unspecified atom stereocenters. The van der Waals surface area contributed by atoms with E-state index < -0.39 is 0 Å². The quantitative estimate of drug-likeness (QED) is 0.706. The molecule has 6 atom stereocenters. The Hall–Kier alpha value is -1.48. The van der Waals surface area contributed by atoms with Gasteiger partial charge in [-0.1, -0.05) is 31.6 Å². The summed E-state index contributed by atoms with van der Waals surface area (Å²) in [7, 11) is 0. The normalized spacial score (nSPS) is 43.8. The number of allylic oxidation sites excluding steroid dienone is 1. The van der Waals surface area contributed by atoms with E-state index in [0.717, 1.165) is 42.8 Å². The molecule has 0 amide bonds. The number of aliphatic hydroxyl groups is 1. The van der Waals surface area contributed by atoms with Gasteiger partial charge in [0, 0.05) is 17.3 Å². The van der Waals surface area contributed by atoms with E-state index in [-0.39, 0.29) is 11.5 Å². The molecule has 3 fully saturated rings. The second-order valence-electron chi connectivity index (χ2n) is 10.2. The lowest BCUT2D eigenvalue weighted by molar-refractivity contribution is -0.0209. The number of aliphatic imine (C=N–C) groups is 1. The Morgan fingerprint density at radius 2 is 1.93 bits per heavy atom. The van der Waals surface area contributed by atoms with Crippen LogP contribution in [0.4, 0.5) is 0 Å². The van der Waals surface area contributed by atoms with Crippen molar-refractivity contribution in [1.82, 2.24) is 4.98 Å². The predicted molar refractivity (Wildman–Crippen MR) is 113 cm³/mol.